The fourth-order valence-electron chi connectivity index (χ4n) is 1.48. The number of benzene rings is 1. The molecule has 0 saturated heterocycles. The molecule has 1 amide bonds. The minimum Gasteiger partial charge on any atom is -0.481 e. The molecule has 6 heteroatoms. The molecule has 0 saturated carbocycles. The van der Waals surface area contributed by atoms with Crippen molar-refractivity contribution in [1.82, 2.24) is 9.78 Å². The van der Waals surface area contributed by atoms with E-state index < -0.39 is 6.10 Å². The highest BCUT2D eigenvalue weighted by Gasteiger charge is 2.15. The van der Waals surface area contributed by atoms with E-state index in [-0.39, 0.29) is 5.91 Å². The van der Waals surface area contributed by atoms with Gasteiger partial charge in [-0.2, -0.15) is 5.10 Å². The van der Waals surface area contributed by atoms with Gasteiger partial charge in [0.1, 0.15) is 5.75 Å². The smallest absolute Gasteiger partial charge is 0.266 e. The number of hydrogen-bond donors (Lipinski definition) is 1. The van der Waals surface area contributed by atoms with E-state index in [1.54, 1.807) is 43.0 Å². The molecule has 1 unspecified atom stereocenters. The van der Waals surface area contributed by atoms with Gasteiger partial charge in [0.15, 0.2) is 11.9 Å². The Labute approximate surface area is 119 Å². The Kier molecular flexibility index (Phi) is 4.21. The lowest BCUT2D eigenvalue weighted by molar-refractivity contribution is -0.122. The van der Waals surface area contributed by atoms with Crippen molar-refractivity contribution in [2.45, 2.75) is 13.0 Å². The van der Waals surface area contributed by atoms with Crippen molar-refractivity contribution in [1.29, 1.82) is 0 Å². The first-order valence-corrected chi connectivity index (χ1v) is 6.56. The maximum absolute atomic E-state index is 11.9. The largest absolute Gasteiger partial charge is 0.481 e. The zero-order chi connectivity index (χ0) is 13.8. The molecular formula is C13H14BrN3O2. The molecule has 1 heterocycles. The van der Waals surface area contributed by atoms with Gasteiger partial charge in [-0.15, -0.1) is 0 Å². The third kappa shape index (κ3) is 3.82. The van der Waals surface area contributed by atoms with Crippen LogP contribution in [-0.4, -0.2) is 21.8 Å². The van der Waals surface area contributed by atoms with E-state index >= 15 is 0 Å². The van der Waals surface area contributed by atoms with Crippen molar-refractivity contribution in [2.24, 2.45) is 7.05 Å². The minimum absolute atomic E-state index is 0.235. The van der Waals surface area contributed by atoms with Gasteiger partial charge in [0.25, 0.3) is 5.91 Å². The number of carbonyl (C=O) groups excluding carboxylic acids is 1. The zero-order valence-corrected chi connectivity index (χ0v) is 12.2. The van der Waals surface area contributed by atoms with Crippen LogP contribution in [-0.2, 0) is 11.8 Å². The molecule has 5 nitrogen and oxygen atoms in total. The first-order valence-electron chi connectivity index (χ1n) is 5.77. The summed E-state index contributed by atoms with van der Waals surface area (Å²) < 4.78 is 8.13. The van der Waals surface area contributed by atoms with E-state index in [0.717, 1.165) is 4.47 Å². The van der Waals surface area contributed by atoms with Crippen LogP contribution in [0.5, 0.6) is 5.75 Å². The molecule has 0 bridgehead atoms. The molecule has 1 aromatic heterocycles. The quantitative estimate of drug-likeness (QED) is 0.940. The molecule has 19 heavy (non-hydrogen) atoms. The molecule has 0 aliphatic carbocycles. The lowest BCUT2D eigenvalue weighted by Crippen LogP contribution is -2.30. The topological polar surface area (TPSA) is 56.1 Å². The van der Waals surface area contributed by atoms with Crippen LogP contribution in [0.15, 0.2) is 41.0 Å². The van der Waals surface area contributed by atoms with E-state index in [1.165, 1.54) is 0 Å². The first-order chi connectivity index (χ1) is 9.04. The highest BCUT2D eigenvalue weighted by atomic mass is 79.9. The van der Waals surface area contributed by atoms with Crippen molar-refractivity contribution < 1.29 is 9.53 Å². The molecule has 2 rings (SSSR count). The van der Waals surface area contributed by atoms with Gasteiger partial charge < -0.3 is 10.1 Å². The van der Waals surface area contributed by atoms with Crippen LogP contribution < -0.4 is 10.1 Å². The van der Waals surface area contributed by atoms with Gasteiger partial charge in [-0.05, 0) is 31.2 Å². The molecule has 1 N–H and O–H groups in total. The van der Waals surface area contributed by atoms with Gasteiger partial charge in [-0.25, -0.2) is 0 Å². The summed E-state index contributed by atoms with van der Waals surface area (Å²) in [6, 6.07) is 9.05. The van der Waals surface area contributed by atoms with E-state index in [9.17, 15) is 4.79 Å². The number of anilines is 1. The van der Waals surface area contributed by atoms with Crippen molar-refractivity contribution in [3.8, 4) is 5.75 Å². The van der Waals surface area contributed by atoms with Crippen LogP contribution in [0.4, 0.5) is 5.82 Å². The predicted octanol–water partition coefficient (Wildman–Crippen LogP) is 2.59. The summed E-state index contributed by atoms with van der Waals surface area (Å²) in [4.78, 5) is 11.9. The molecule has 0 aliphatic heterocycles. The molecule has 1 aromatic carbocycles. The number of hydrogen-bond acceptors (Lipinski definition) is 3. The number of ether oxygens (including phenoxy) is 1. The van der Waals surface area contributed by atoms with Crippen molar-refractivity contribution in [3.05, 3.63) is 41.0 Å². The second-order valence-corrected chi connectivity index (χ2v) is 4.99. The average molecular weight is 324 g/mol. The number of aromatic nitrogens is 2. The number of halogens is 1. The molecule has 100 valence electrons. The van der Waals surface area contributed by atoms with Crippen LogP contribution in [0.1, 0.15) is 6.92 Å². The molecule has 0 aliphatic rings. The highest BCUT2D eigenvalue weighted by Crippen LogP contribution is 2.17. The summed E-state index contributed by atoms with van der Waals surface area (Å²) in [5.74, 6) is 0.923. The molecule has 0 spiro atoms. The minimum atomic E-state index is -0.594. The van der Waals surface area contributed by atoms with Gasteiger partial charge in [0.05, 0.1) is 0 Å². The second kappa shape index (κ2) is 5.88. The third-order valence-electron chi connectivity index (χ3n) is 2.46. The predicted molar refractivity (Wildman–Crippen MR) is 76.1 cm³/mol. The van der Waals surface area contributed by atoms with E-state index in [1.807, 2.05) is 12.1 Å². The van der Waals surface area contributed by atoms with E-state index in [2.05, 4.69) is 26.3 Å². The van der Waals surface area contributed by atoms with Crippen LogP contribution >= 0.6 is 15.9 Å². The standard InChI is InChI=1S/C13H14BrN3O2/c1-9(19-11-5-3-10(14)4-6-11)13(18)15-12-7-8-17(2)16-12/h3-9H,1-2H3,(H,15,16,18). The Morgan fingerprint density at radius 1 is 1.37 bits per heavy atom. The van der Waals surface area contributed by atoms with E-state index in [0.29, 0.717) is 11.6 Å². The van der Waals surface area contributed by atoms with E-state index in [4.69, 9.17) is 4.74 Å². The summed E-state index contributed by atoms with van der Waals surface area (Å²) in [6.07, 6.45) is 1.17. The van der Waals surface area contributed by atoms with Crippen LogP contribution in [0.2, 0.25) is 0 Å². The number of carbonyl (C=O) groups is 1. The van der Waals surface area contributed by atoms with Gasteiger partial charge in [-0.3, -0.25) is 9.48 Å². The van der Waals surface area contributed by atoms with Gasteiger partial charge >= 0.3 is 0 Å². The highest BCUT2D eigenvalue weighted by molar-refractivity contribution is 9.10. The summed E-state index contributed by atoms with van der Waals surface area (Å²) in [5, 5.41) is 6.76. The third-order valence-corrected chi connectivity index (χ3v) is 2.99. The number of amides is 1. The SMILES string of the molecule is CC(Oc1ccc(Br)cc1)C(=O)Nc1ccn(C)n1. The Hall–Kier alpha value is -1.82. The number of aryl methyl sites for hydroxylation is 1. The number of rotatable bonds is 4. The lowest BCUT2D eigenvalue weighted by atomic mass is 10.3. The van der Waals surface area contributed by atoms with Crippen molar-refractivity contribution >= 4 is 27.7 Å². The zero-order valence-electron chi connectivity index (χ0n) is 10.6. The Morgan fingerprint density at radius 2 is 2.05 bits per heavy atom. The van der Waals surface area contributed by atoms with Crippen LogP contribution in [0.25, 0.3) is 0 Å². The van der Waals surface area contributed by atoms with Gasteiger partial charge in [0.2, 0.25) is 0 Å². The number of nitrogens with one attached hydrogen (secondary N) is 1. The molecule has 1 atom stereocenters. The maximum atomic E-state index is 11.9. The van der Waals surface area contributed by atoms with Gasteiger partial charge in [-0.1, -0.05) is 15.9 Å². The summed E-state index contributed by atoms with van der Waals surface area (Å²) in [7, 11) is 1.79. The summed E-state index contributed by atoms with van der Waals surface area (Å²) in [5.41, 5.74) is 0. The van der Waals surface area contributed by atoms with Crippen molar-refractivity contribution in [2.75, 3.05) is 5.32 Å². The monoisotopic (exact) mass is 323 g/mol. The van der Waals surface area contributed by atoms with Gasteiger partial charge in [0, 0.05) is 23.8 Å². The molecule has 0 radical (unpaired) electrons. The fourth-order valence-corrected chi connectivity index (χ4v) is 1.74. The number of nitrogens with zero attached hydrogens (tertiary/aromatic N) is 2. The normalized spacial score (nSPS) is 11.9. The lowest BCUT2D eigenvalue weighted by Gasteiger charge is -2.13. The first kappa shape index (κ1) is 13.6. The molecule has 0 fully saturated rings. The van der Waals surface area contributed by atoms with Crippen LogP contribution in [0.3, 0.4) is 0 Å². The average Bonchev–Trinajstić information content (AvgIpc) is 2.77. The maximum Gasteiger partial charge on any atom is 0.266 e. The Bertz CT molecular complexity index is 566. The Morgan fingerprint density at radius 3 is 2.63 bits per heavy atom. The Balaban J connectivity index is 1.94. The summed E-state index contributed by atoms with van der Waals surface area (Å²) in [6.45, 7) is 1.69. The fraction of sp³-hybridized carbons (Fsp3) is 0.231. The molecule has 2 aromatic rings. The van der Waals surface area contributed by atoms with Crippen LogP contribution in [0, 0.1) is 0 Å². The summed E-state index contributed by atoms with van der Waals surface area (Å²) >= 11 is 3.34. The molecular weight excluding hydrogens is 310 g/mol. The van der Waals surface area contributed by atoms with Crippen molar-refractivity contribution in [3.63, 3.8) is 0 Å². The second-order valence-electron chi connectivity index (χ2n) is 4.08.